The molecule has 0 unspecified atom stereocenters. The molecule has 0 amide bonds. The zero-order chi connectivity index (χ0) is 15.1. The monoisotopic (exact) mass is 322 g/mol. The summed E-state index contributed by atoms with van der Waals surface area (Å²) in [6.45, 7) is 7.16. The van der Waals surface area contributed by atoms with Crippen molar-refractivity contribution in [2.75, 3.05) is 5.88 Å². The topological polar surface area (TPSA) is 35.6 Å². The molecule has 0 aliphatic rings. The molecule has 0 aromatic carbocycles. The molecule has 0 spiro atoms. The first-order valence-corrected chi connectivity index (χ1v) is 8.37. The fourth-order valence-electron chi connectivity index (χ4n) is 2.70. The number of rotatable bonds is 4. The number of aryl methyl sites for hydroxylation is 5. The Balaban J connectivity index is 2.12. The highest BCUT2D eigenvalue weighted by Crippen LogP contribution is 2.25. The maximum absolute atomic E-state index is 5.94. The van der Waals surface area contributed by atoms with E-state index in [1.165, 1.54) is 15.3 Å². The van der Waals surface area contributed by atoms with Crippen LogP contribution in [0.15, 0.2) is 6.07 Å². The molecule has 6 heteroatoms. The number of hydrogen-bond donors (Lipinski definition) is 0. The highest BCUT2D eigenvalue weighted by Gasteiger charge is 2.17. The molecule has 0 N–H and O–H groups in total. The van der Waals surface area contributed by atoms with Crippen molar-refractivity contribution in [2.24, 2.45) is 7.05 Å². The Morgan fingerprint density at radius 3 is 2.67 bits per heavy atom. The number of aromatic nitrogens is 4. The lowest BCUT2D eigenvalue weighted by Crippen LogP contribution is -2.08. The van der Waals surface area contributed by atoms with Crippen LogP contribution in [0.1, 0.15) is 26.8 Å². The van der Waals surface area contributed by atoms with Crippen LogP contribution in [0, 0.1) is 20.8 Å². The Labute approximate surface area is 133 Å². The first kappa shape index (κ1) is 14.6. The second-order valence-electron chi connectivity index (χ2n) is 5.39. The van der Waals surface area contributed by atoms with E-state index in [1.807, 2.05) is 30.0 Å². The quantitative estimate of drug-likeness (QED) is 0.688. The van der Waals surface area contributed by atoms with E-state index in [0.29, 0.717) is 5.88 Å². The van der Waals surface area contributed by atoms with E-state index in [4.69, 9.17) is 16.6 Å². The molecule has 3 rings (SSSR count). The predicted octanol–water partition coefficient (Wildman–Crippen LogP) is 3.59. The number of nitrogens with zero attached hydrogens (tertiary/aromatic N) is 4. The molecule has 3 aromatic rings. The van der Waals surface area contributed by atoms with Gasteiger partial charge in [0.05, 0.1) is 12.2 Å². The van der Waals surface area contributed by atoms with Crippen LogP contribution in [-0.2, 0) is 20.0 Å². The summed E-state index contributed by atoms with van der Waals surface area (Å²) in [6.07, 6.45) is 0.777. The van der Waals surface area contributed by atoms with E-state index >= 15 is 0 Å². The summed E-state index contributed by atoms with van der Waals surface area (Å²) in [5.74, 6) is 1.62. The summed E-state index contributed by atoms with van der Waals surface area (Å²) >= 11 is 7.79. The van der Waals surface area contributed by atoms with Crippen molar-refractivity contribution in [3.05, 3.63) is 32.9 Å². The van der Waals surface area contributed by atoms with Gasteiger partial charge in [-0.05, 0) is 32.4 Å². The minimum atomic E-state index is 0.582. The molecule has 0 saturated heterocycles. The van der Waals surface area contributed by atoms with Gasteiger partial charge in [-0.2, -0.15) is 5.10 Å². The van der Waals surface area contributed by atoms with Gasteiger partial charge in [0.1, 0.15) is 11.3 Å². The predicted molar refractivity (Wildman–Crippen MR) is 88.6 cm³/mol. The summed E-state index contributed by atoms with van der Waals surface area (Å²) in [4.78, 5) is 7.47. The van der Waals surface area contributed by atoms with Gasteiger partial charge in [-0.1, -0.05) is 0 Å². The zero-order valence-electron chi connectivity index (χ0n) is 12.8. The van der Waals surface area contributed by atoms with Gasteiger partial charge < -0.3 is 4.57 Å². The number of halogens is 1. The van der Waals surface area contributed by atoms with Gasteiger partial charge in [0, 0.05) is 29.1 Å². The minimum absolute atomic E-state index is 0.582. The second kappa shape index (κ2) is 5.46. The Hall–Kier alpha value is -1.33. The molecule has 0 bridgehead atoms. The van der Waals surface area contributed by atoms with E-state index < -0.39 is 0 Å². The normalized spacial score (nSPS) is 11.7. The minimum Gasteiger partial charge on any atom is -0.308 e. The second-order valence-corrected chi connectivity index (χ2v) is 7.11. The average molecular weight is 323 g/mol. The molecule has 0 aliphatic carbocycles. The van der Waals surface area contributed by atoms with Gasteiger partial charge >= 0.3 is 0 Å². The summed E-state index contributed by atoms with van der Waals surface area (Å²) in [5, 5.41) is 4.48. The molecule has 0 aliphatic heterocycles. The molecule has 0 atom stereocenters. The van der Waals surface area contributed by atoms with Gasteiger partial charge in [0.15, 0.2) is 5.65 Å². The van der Waals surface area contributed by atoms with E-state index in [1.54, 1.807) is 0 Å². The Morgan fingerprint density at radius 1 is 1.29 bits per heavy atom. The van der Waals surface area contributed by atoms with Crippen molar-refractivity contribution in [1.82, 2.24) is 19.3 Å². The fraction of sp³-hybridized carbons (Fsp3) is 0.467. The number of thiophene rings is 1. The van der Waals surface area contributed by atoms with Crippen molar-refractivity contribution < 1.29 is 0 Å². The van der Waals surface area contributed by atoms with Crippen LogP contribution in [0.5, 0.6) is 0 Å². The van der Waals surface area contributed by atoms with Gasteiger partial charge in [-0.3, -0.25) is 4.68 Å². The van der Waals surface area contributed by atoms with E-state index in [-0.39, 0.29) is 0 Å². The van der Waals surface area contributed by atoms with Crippen LogP contribution in [-0.4, -0.2) is 25.2 Å². The van der Waals surface area contributed by atoms with Crippen molar-refractivity contribution in [2.45, 2.75) is 33.7 Å². The van der Waals surface area contributed by atoms with Crippen molar-refractivity contribution >= 4 is 34.1 Å². The van der Waals surface area contributed by atoms with Crippen LogP contribution in [0.3, 0.4) is 0 Å². The highest BCUT2D eigenvalue weighted by atomic mass is 35.5. The molecule has 0 radical (unpaired) electrons. The van der Waals surface area contributed by atoms with Gasteiger partial charge in [0.25, 0.3) is 0 Å². The van der Waals surface area contributed by atoms with E-state index in [9.17, 15) is 0 Å². The molecule has 112 valence electrons. The lowest BCUT2D eigenvalue weighted by Gasteiger charge is -2.07. The molecule has 21 heavy (non-hydrogen) atoms. The van der Waals surface area contributed by atoms with Crippen LogP contribution in [0.2, 0.25) is 0 Å². The molecule has 0 saturated carbocycles. The Kier molecular flexibility index (Phi) is 3.80. The van der Waals surface area contributed by atoms with Gasteiger partial charge in [-0.25, -0.2) is 4.98 Å². The first-order valence-electron chi connectivity index (χ1n) is 7.02. The number of imidazole rings is 1. The summed E-state index contributed by atoms with van der Waals surface area (Å²) in [6, 6.07) is 2.26. The van der Waals surface area contributed by atoms with Crippen LogP contribution >= 0.6 is 22.9 Å². The summed E-state index contributed by atoms with van der Waals surface area (Å²) in [5.41, 5.74) is 4.39. The Morgan fingerprint density at radius 2 is 2.05 bits per heavy atom. The summed E-state index contributed by atoms with van der Waals surface area (Å²) in [7, 11) is 1.98. The SMILES string of the molecule is Cc1cc(Cn2c(CCCl)nc3c(C)nn(C)c32)sc1C. The number of fused-ring (bicyclic) bond motifs is 1. The summed E-state index contributed by atoms with van der Waals surface area (Å²) < 4.78 is 4.17. The maximum Gasteiger partial charge on any atom is 0.159 e. The molecule has 4 nitrogen and oxygen atoms in total. The molecule has 3 heterocycles. The largest absolute Gasteiger partial charge is 0.308 e. The van der Waals surface area contributed by atoms with E-state index in [2.05, 4.69) is 29.6 Å². The standard InChI is InChI=1S/C15H19ClN4S/c1-9-7-12(21-11(9)3)8-20-13(5-6-16)17-14-10(2)18-19(4)15(14)20/h7H,5-6,8H2,1-4H3. The van der Waals surface area contributed by atoms with Crippen molar-refractivity contribution in [1.29, 1.82) is 0 Å². The number of alkyl halides is 1. The van der Waals surface area contributed by atoms with Crippen molar-refractivity contribution in [3.8, 4) is 0 Å². The molecule has 3 aromatic heterocycles. The third-order valence-electron chi connectivity index (χ3n) is 3.82. The molecular formula is C15H19ClN4S. The molecular weight excluding hydrogens is 304 g/mol. The van der Waals surface area contributed by atoms with Crippen LogP contribution in [0.4, 0.5) is 0 Å². The van der Waals surface area contributed by atoms with Gasteiger partial charge in [-0.15, -0.1) is 22.9 Å². The third kappa shape index (κ3) is 2.49. The van der Waals surface area contributed by atoms with Crippen LogP contribution < -0.4 is 0 Å². The lowest BCUT2D eigenvalue weighted by atomic mass is 10.3. The third-order valence-corrected chi connectivity index (χ3v) is 5.14. The fourth-order valence-corrected chi connectivity index (χ4v) is 3.92. The van der Waals surface area contributed by atoms with Gasteiger partial charge in [0.2, 0.25) is 0 Å². The average Bonchev–Trinajstić information content (AvgIpc) is 3.00. The van der Waals surface area contributed by atoms with E-state index in [0.717, 1.165) is 35.6 Å². The van der Waals surface area contributed by atoms with Crippen LogP contribution in [0.25, 0.3) is 11.2 Å². The smallest absolute Gasteiger partial charge is 0.159 e. The number of hydrogen-bond acceptors (Lipinski definition) is 3. The highest BCUT2D eigenvalue weighted by molar-refractivity contribution is 7.12. The van der Waals surface area contributed by atoms with Crippen molar-refractivity contribution in [3.63, 3.8) is 0 Å². The molecule has 0 fully saturated rings. The first-order chi connectivity index (χ1) is 10.0. The lowest BCUT2D eigenvalue weighted by molar-refractivity contribution is 0.696. The Bertz CT molecular complexity index is 777. The maximum atomic E-state index is 5.94. The zero-order valence-corrected chi connectivity index (χ0v) is 14.3.